The third-order valence-electron chi connectivity index (χ3n) is 4.15. The zero-order chi connectivity index (χ0) is 16.4. The summed E-state index contributed by atoms with van der Waals surface area (Å²) in [5.74, 6) is 1.23. The minimum atomic E-state index is 0.220. The van der Waals surface area contributed by atoms with Crippen LogP contribution in [0.25, 0.3) is 16.6 Å². The van der Waals surface area contributed by atoms with Gasteiger partial charge in [-0.05, 0) is 25.5 Å². The first kappa shape index (κ1) is 15.6. The molecule has 0 spiro atoms. The van der Waals surface area contributed by atoms with Crippen LogP contribution in [0.4, 0.5) is 0 Å². The lowest BCUT2D eigenvalue weighted by Gasteiger charge is -2.18. The molecule has 1 aromatic carbocycles. The van der Waals surface area contributed by atoms with Crippen molar-refractivity contribution >= 4 is 22.4 Å². The number of fused-ring (bicyclic) bond motifs is 1. The third-order valence-corrected chi connectivity index (χ3v) is 4.15. The van der Waals surface area contributed by atoms with E-state index >= 15 is 0 Å². The molecule has 23 heavy (non-hydrogen) atoms. The molecule has 1 aliphatic rings. The van der Waals surface area contributed by atoms with Crippen molar-refractivity contribution < 1.29 is 9.84 Å². The Morgan fingerprint density at radius 3 is 2.87 bits per heavy atom. The van der Waals surface area contributed by atoms with Crippen LogP contribution in [0.15, 0.2) is 30.0 Å². The topological polar surface area (TPSA) is 74.4 Å². The average Bonchev–Trinajstić information content (AvgIpc) is 3.04. The smallest absolute Gasteiger partial charge is 0.148 e. The van der Waals surface area contributed by atoms with E-state index in [1.54, 1.807) is 7.11 Å². The number of amidine groups is 1. The number of benzene rings is 1. The van der Waals surface area contributed by atoms with E-state index in [-0.39, 0.29) is 5.76 Å². The molecule has 0 amide bonds. The molecule has 1 aromatic heterocycles. The van der Waals surface area contributed by atoms with Gasteiger partial charge in [-0.15, -0.1) is 0 Å². The number of hydrogen-bond donors (Lipinski definition) is 2. The fourth-order valence-electron chi connectivity index (χ4n) is 3.05. The molecule has 0 fully saturated rings. The van der Waals surface area contributed by atoms with Gasteiger partial charge >= 0.3 is 0 Å². The van der Waals surface area contributed by atoms with Crippen LogP contribution in [-0.4, -0.2) is 52.2 Å². The maximum Gasteiger partial charge on any atom is 0.148 e. The van der Waals surface area contributed by atoms with Gasteiger partial charge < -0.3 is 19.3 Å². The van der Waals surface area contributed by atoms with Crippen LogP contribution in [0, 0.1) is 5.41 Å². The van der Waals surface area contributed by atoms with Gasteiger partial charge in [0.05, 0.1) is 23.2 Å². The number of aryl methyl sites for hydroxylation is 1. The van der Waals surface area contributed by atoms with Gasteiger partial charge in [0.2, 0.25) is 0 Å². The van der Waals surface area contributed by atoms with Crippen molar-refractivity contribution in [1.29, 1.82) is 5.41 Å². The van der Waals surface area contributed by atoms with Crippen molar-refractivity contribution in [3.05, 3.63) is 35.8 Å². The van der Waals surface area contributed by atoms with Gasteiger partial charge in [0.1, 0.15) is 17.4 Å². The van der Waals surface area contributed by atoms with Crippen LogP contribution in [0.3, 0.4) is 0 Å². The maximum absolute atomic E-state index is 10.4. The number of aromatic nitrogens is 2. The zero-order valence-corrected chi connectivity index (χ0v) is 13.5. The highest BCUT2D eigenvalue weighted by Gasteiger charge is 2.31. The van der Waals surface area contributed by atoms with Crippen LogP contribution < -0.4 is 0 Å². The van der Waals surface area contributed by atoms with Crippen LogP contribution in [0.1, 0.15) is 19.2 Å². The number of rotatable bonds is 6. The molecule has 6 heteroatoms. The Hall–Kier alpha value is -2.34. The van der Waals surface area contributed by atoms with Gasteiger partial charge in [-0.2, -0.15) is 0 Å². The largest absolute Gasteiger partial charge is 0.510 e. The summed E-state index contributed by atoms with van der Waals surface area (Å²) < 4.78 is 7.11. The van der Waals surface area contributed by atoms with Gasteiger partial charge in [0, 0.05) is 26.8 Å². The fourth-order valence-corrected chi connectivity index (χ4v) is 3.05. The molecule has 6 nitrogen and oxygen atoms in total. The van der Waals surface area contributed by atoms with Gasteiger partial charge in [0.25, 0.3) is 0 Å². The molecule has 2 N–H and O–H groups in total. The lowest BCUT2D eigenvalue weighted by molar-refractivity contribution is 0.186. The number of aliphatic hydroxyl groups is 1. The number of para-hydroxylation sites is 2. The Morgan fingerprint density at radius 1 is 1.35 bits per heavy atom. The Kier molecular flexibility index (Phi) is 4.34. The molecule has 0 aliphatic carbocycles. The van der Waals surface area contributed by atoms with E-state index in [0.717, 1.165) is 24.0 Å². The molecule has 2 aromatic rings. The standard InChI is InChI=1S/C17H22N4O2/c1-3-21-13-8-5-4-7-12(13)19-17(21)15-14(22)11-20(16(15)18)9-6-10-23-2/h4-5,7-8,18,22H,3,6,9-11H2,1-2H3. The van der Waals surface area contributed by atoms with Gasteiger partial charge in [0.15, 0.2) is 0 Å². The van der Waals surface area contributed by atoms with Gasteiger partial charge in [-0.1, -0.05) is 12.1 Å². The molecule has 1 aliphatic heterocycles. The van der Waals surface area contributed by atoms with E-state index in [4.69, 9.17) is 10.1 Å². The van der Waals surface area contributed by atoms with Crippen molar-refractivity contribution in [2.24, 2.45) is 0 Å². The average molecular weight is 314 g/mol. The maximum atomic E-state index is 10.4. The van der Waals surface area contributed by atoms with E-state index in [1.165, 1.54) is 0 Å². The van der Waals surface area contributed by atoms with Crippen molar-refractivity contribution in [2.75, 3.05) is 26.8 Å². The van der Waals surface area contributed by atoms with Crippen LogP contribution >= 0.6 is 0 Å². The number of aliphatic hydroxyl groups excluding tert-OH is 1. The molecule has 0 unspecified atom stereocenters. The predicted octanol–water partition coefficient (Wildman–Crippen LogP) is 2.65. The summed E-state index contributed by atoms with van der Waals surface area (Å²) in [4.78, 5) is 6.51. The Bertz CT molecular complexity index is 763. The van der Waals surface area contributed by atoms with Gasteiger partial charge in [-0.3, -0.25) is 5.41 Å². The van der Waals surface area contributed by atoms with Crippen molar-refractivity contribution in [1.82, 2.24) is 14.5 Å². The van der Waals surface area contributed by atoms with Gasteiger partial charge in [-0.25, -0.2) is 4.98 Å². The summed E-state index contributed by atoms with van der Waals surface area (Å²) in [7, 11) is 1.67. The molecule has 0 saturated carbocycles. The van der Waals surface area contributed by atoms with Crippen LogP contribution in [0.5, 0.6) is 0 Å². The third kappa shape index (κ3) is 2.70. The summed E-state index contributed by atoms with van der Waals surface area (Å²) in [5, 5.41) is 18.8. The fraction of sp³-hybridized carbons (Fsp3) is 0.412. The van der Waals surface area contributed by atoms with E-state index in [9.17, 15) is 5.11 Å². The molecular formula is C17H22N4O2. The van der Waals surface area contributed by atoms with E-state index in [1.807, 2.05) is 40.7 Å². The Balaban J connectivity index is 1.95. The number of methoxy groups -OCH3 is 1. The normalized spacial score (nSPS) is 15.2. The second-order valence-electron chi connectivity index (χ2n) is 5.61. The monoisotopic (exact) mass is 314 g/mol. The SMILES string of the molecule is CCn1c(C2=C(O)CN(CCCOC)C2=N)nc2ccccc21. The molecule has 2 heterocycles. The summed E-state index contributed by atoms with van der Waals surface area (Å²) in [5.41, 5.74) is 2.45. The second kappa shape index (κ2) is 6.42. The molecule has 0 radical (unpaired) electrons. The van der Waals surface area contributed by atoms with Crippen molar-refractivity contribution in [3.63, 3.8) is 0 Å². The molecular weight excluding hydrogens is 292 g/mol. The molecule has 3 rings (SSSR count). The highest BCUT2D eigenvalue weighted by molar-refractivity contribution is 6.23. The lowest BCUT2D eigenvalue weighted by atomic mass is 10.2. The van der Waals surface area contributed by atoms with E-state index in [2.05, 4.69) is 4.98 Å². The molecule has 0 bridgehead atoms. The predicted molar refractivity (Wildman–Crippen MR) is 90.7 cm³/mol. The Labute approximate surface area is 135 Å². The quantitative estimate of drug-likeness (QED) is 0.804. The summed E-state index contributed by atoms with van der Waals surface area (Å²) in [6.45, 7) is 4.48. The second-order valence-corrected chi connectivity index (χ2v) is 5.61. The first-order valence-electron chi connectivity index (χ1n) is 7.88. The number of imidazole rings is 1. The van der Waals surface area contributed by atoms with Crippen LogP contribution in [-0.2, 0) is 11.3 Å². The molecule has 122 valence electrons. The zero-order valence-electron chi connectivity index (χ0n) is 13.5. The first-order valence-corrected chi connectivity index (χ1v) is 7.88. The Morgan fingerprint density at radius 2 is 2.13 bits per heavy atom. The molecule has 0 saturated heterocycles. The highest BCUT2D eigenvalue weighted by atomic mass is 16.5. The summed E-state index contributed by atoms with van der Waals surface area (Å²) in [6, 6.07) is 7.90. The van der Waals surface area contributed by atoms with Crippen molar-refractivity contribution in [3.8, 4) is 0 Å². The van der Waals surface area contributed by atoms with Crippen LogP contribution in [0.2, 0.25) is 0 Å². The number of ether oxygens (including phenoxy) is 1. The number of nitrogens with one attached hydrogen (secondary N) is 1. The summed E-state index contributed by atoms with van der Waals surface area (Å²) in [6.07, 6.45) is 0.823. The van der Waals surface area contributed by atoms with E-state index in [0.29, 0.717) is 36.9 Å². The first-order chi connectivity index (χ1) is 11.2. The number of nitrogens with zero attached hydrogens (tertiary/aromatic N) is 3. The molecule has 0 atom stereocenters. The number of hydrogen-bond acceptors (Lipinski definition) is 4. The highest BCUT2D eigenvalue weighted by Crippen LogP contribution is 2.29. The minimum absolute atomic E-state index is 0.220. The minimum Gasteiger partial charge on any atom is -0.510 e. The summed E-state index contributed by atoms with van der Waals surface area (Å²) >= 11 is 0. The van der Waals surface area contributed by atoms with E-state index < -0.39 is 0 Å². The lowest BCUT2D eigenvalue weighted by Crippen LogP contribution is -2.28. The van der Waals surface area contributed by atoms with Crippen molar-refractivity contribution in [2.45, 2.75) is 19.9 Å².